The molecule has 0 aliphatic heterocycles. The number of allylic oxidation sites excluding steroid dienone is 2. The van der Waals surface area contributed by atoms with Gasteiger partial charge in [0.1, 0.15) is 6.61 Å². The van der Waals surface area contributed by atoms with E-state index in [0.29, 0.717) is 6.61 Å². The van der Waals surface area contributed by atoms with E-state index in [1.807, 2.05) is 24.3 Å². The topological polar surface area (TPSA) is 58.6 Å². The summed E-state index contributed by atoms with van der Waals surface area (Å²) in [5, 5.41) is 13.1. The number of amides is 1. The number of aliphatic hydroxyl groups is 1. The van der Waals surface area contributed by atoms with Gasteiger partial charge in [-0.2, -0.15) is 0 Å². The molecule has 2 N–H and O–H groups in total. The number of ether oxygens (including phenoxy) is 1. The molecule has 2 aliphatic carbocycles. The highest BCUT2D eigenvalue weighted by Crippen LogP contribution is 2.44. The van der Waals surface area contributed by atoms with Gasteiger partial charge in [-0.3, -0.25) is 0 Å². The molecule has 0 saturated heterocycles. The molecule has 152 valence electrons. The van der Waals surface area contributed by atoms with Crippen molar-refractivity contribution in [2.24, 2.45) is 11.3 Å². The van der Waals surface area contributed by atoms with E-state index in [0.717, 1.165) is 12.8 Å². The van der Waals surface area contributed by atoms with E-state index >= 15 is 0 Å². The van der Waals surface area contributed by atoms with Crippen LogP contribution in [0, 0.1) is 11.3 Å². The zero-order valence-corrected chi connectivity index (χ0v) is 17.1. The number of fused-ring (bicyclic) bond motifs is 3. The zero-order valence-electron chi connectivity index (χ0n) is 17.1. The molecule has 2 aromatic rings. The largest absolute Gasteiger partial charge is 0.449 e. The number of aliphatic hydroxyl groups excluding tert-OH is 1. The number of hydrogen-bond acceptors (Lipinski definition) is 3. The van der Waals surface area contributed by atoms with Crippen LogP contribution in [0.4, 0.5) is 4.79 Å². The summed E-state index contributed by atoms with van der Waals surface area (Å²) in [4.78, 5) is 12.7. The van der Waals surface area contributed by atoms with Crippen molar-refractivity contribution < 1.29 is 14.6 Å². The fraction of sp³-hybridized carbons (Fsp3) is 0.400. The van der Waals surface area contributed by atoms with E-state index in [1.54, 1.807) is 0 Å². The Morgan fingerprint density at radius 1 is 1.07 bits per heavy atom. The number of benzene rings is 2. The lowest BCUT2D eigenvalue weighted by Crippen LogP contribution is -2.52. The van der Waals surface area contributed by atoms with Gasteiger partial charge in [0, 0.05) is 17.4 Å². The van der Waals surface area contributed by atoms with Crippen molar-refractivity contribution in [3.8, 4) is 11.1 Å². The van der Waals surface area contributed by atoms with Crippen LogP contribution in [-0.2, 0) is 4.74 Å². The Morgan fingerprint density at radius 3 is 2.14 bits per heavy atom. The molecule has 0 bridgehead atoms. The highest BCUT2D eigenvalue weighted by Gasteiger charge is 2.41. The minimum absolute atomic E-state index is 0.0469. The summed E-state index contributed by atoms with van der Waals surface area (Å²) in [7, 11) is 0. The molecule has 0 spiro atoms. The van der Waals surface area contributed by atoms with Crippen LogP contribution in [0.1, 0.15) is 43.7 Å². The van der Waals surface area contributed by atoms with Crippen LogP contribution in [0.5, 0.6) is 0 Å². The van der Waals surface area contributed by atoms with E-state index in [2.05, 4.69) is 55.6 Å². The van der Waals surface area contributed by atoms with Crippen LogP contribution in [0.15, 0.2) is 60.7 Å². The van der Waals surface area contributed by atoms with Gasteiger partial charge in [-0.05, 0) is 41.0 Å². The molecule has 2 aromatic carbocycles. The van der Waals surface area contributed by atoms with Crippen molar-refractivity contribution in [1.29, 1.82) is 0 Å². The third-order valence-electron chi connectivity index (χ3n) is 6.47. The summed E-state index contributed by atoms with van der Waals surface area (Å²) < 4.78 is 5.72. The maximum atomic E-state index is 12.7. The van der Waals surface area contributed by atoms with Crippen LogP contribution >= 0.6 is 0 Å². The second-order valence-electron chi connectivity index (χ2n) is 8.59. The molecule has 4 heteroatoms. The Kier molecular flexibility index (Phi) is 5.46. The van der Waals surface area contributed by atoms with Crippen LogP contribution < -0.4 is 5.32 Å². The highest BCUT2D eigenvalue weighted by molar-refractivity contribution is 5.79. The zero-order chi connectivity index (χ0) is 20.4. The predicted molar refractivity (Wildman–Crippen MR) is 115 cm³/mol. The number of rotatable bonds is 6. The van der Waals surface area contributed by atoms with Gasteiger partial charge < -0.3 is 15.2 Å². The van der Waals surface area contributed by atoms with Crippen LogP contribution in [0.2, 0.25) is 0 Å². The maximum absolute atomic E-state index is 12.7. The Bertz CT molecular complexity index is 864. The first-order chi connectivity index (χ1) is 14.1. The number of nitrogens with one attached hydrogen (secondary N) is 1. The van der Waals surface area contributed by atoms with E-state index in [9.17, 15) is 9.90 Å². The number of alkyl carbamates (subject to hydrolysis) is 1. The van der Waals surface area contributed by atoms with E-state index < -0.39 is 6.09 Å². The van der Waals surface area contributed by atoms with Crippen molar-refractivity contribution in [2.75, 3.05) is 13.2 Å². The van der Waals surface area contributed by atoms with Crippen molar-refractivity contribution in [1.82, 2.24) is 5.32 Å². The van der Waals surface area contributed by atoms with E-state index in [4.69, 9.17) is 4.74 Å². The van der Waals surface area contributed by atoms with Crippen molar-refractivity contribution in [3.05, 3.63) is 71.8 Å². The first kappa shape index (κ1) is 19.7. The first-order valence-electron chi connectivity index (χ1n) is 10.4. The summed E-state index contributed by atoms with van der Waals surface area (Å²) in [5.41, 5.74) is 4.50. The molecular formula is C25H29NO3. The Labute approximate surface area is 172 Å². The summed E-state index contributed by atoms with van der Waals surface area (Å²) in [6, 6.07) is 16.5. The standard InChI is InChI=1S/C25H29NO3/c1-17(2)23(25(16-27)13-7-8-14-25)26-24(28)29-15-22-20-11-5-3-9-18(20)19-10-4-6-12-21(19)22/h3-12,17,22-23,27H,13-16H2,1-2H3,(H,26,28). The molecule has 29 heavy (non-hydrogen) atoms. The second-order valence-corrected chi connectivity index (χ2v) is 8.59. The molecule has 0 saturated carbocycles. The summed E-state index contributed by atoms with van der Waals surface area (Å²) in [5.74, 6) is 0.244. The van der Waals surface area contributed by atoms with Gasteiger partial charge in [-0.1, -0.05) is 74.5 Å². The minimum Gasteiger partial charge on any atom is -0.449 e. The molecule has 0 radical (unpaired) electrons. The molecule has 4 nitrogen and oxygen atoms in total. The molecule has 0 heterocycles. The predicted octanol–water partition coefficient (Wildman–Crippen LogP) is 4.88. The van der Waals surface area contributed by atoms with Gasteiger partial charge in [0.05, 0.1) is 6.61 Å². The van der Waals surface area contributed by atoms with E-state index in [1.165, 1.54) is 22.3 Å². The van der Waals surface area contributed by atoms with Crippen LogP contribution in [-0.4, -0.2) is 30.5 Å². The third-order valence-corrected chi connectivity index (χ3v) is 6.47. The molecule has 2 aliphatic rings. The maximum Gasteiger partial charge on any atom is 0.407 e. The highest BCUT2D eigenvalue weighted by atomic mass is 16.5. The SMILES string of the molecule is CC(C)C(NC(=O)OCC1c2ccccc2-c2ccccc21)C1(CO)CC=CC1. The lowest BCUT2D eigenvalue weighted by atomic mass is 9.74. The Balaban J connectivity index is 1.47. The average Bonchev–Trinajstić information content (AvgIpc) is 3.34. The molecule has 1 amide bonds. The van der Waals surface area contributed by atoms with Gasteiger partial charge >= 0.3 is 6.09 Å². The summed E-state index contributed by atoms with van der Waals surface area (Å²) in [6.07, 6.45) is 5.31. The lowest BCUT2D eigenvalue weighted by molar-refractivity contribution is 0.0631. The quantitative estimate of drug-likeness (QED) is 0.690. The number of carbonyl (C=O) groups is 1. The van der Waals surface area contributed by atoms with Crippen molar-refractivity contribution in [3.63, 3.8) is 0 Å². The third kappa shape index (κ3) is 3.58. The van der Waals surface area contributed by atoms with Gasteiger partial charge in [-0.15, -0.1) is 0 Å². The first-order valence-corrected chi connectivity index (χ1v) is 10.4. The Morgan fingerprint density at radius 2 is 1.62 bits per heavy atom. The van der Waals surface area contributed by atoms with Gasteiger partial charge in [0.25, 0.3) is 0 Å². The Hall–Kier alpha value is -2.59. The lowest BCUT2D eigenvalue weighted by Gasteiger charge is -2.38. The molecule has 0 fully saturated rings. The van der Waals surface area contributed by atoms with Crippen LogP contribution in [0.25, 0.3) is 11.1 Å². The molecule has 1 unspecified atom stereocenters. The monoisotopic (exact) mass is 391 g/mol. The normalized spacial score (nSPS) is 17.8. The smallest absolute Gasteiger partial charge is 0.407 e. The fourth-order valence-corrected chi connectivity index (χ4v) is 4.99. The molecule has 0 aromatic heterocycles. The van der Waals surface area contributed by atoms with Crippen molar-refractivity contribution >= 4 is 6.09 Å². The summed E-state index contributed by atoms with van der Waals surface area (Å²) >= 11 is 0. The second kappa shape index (κ2) is 8.03. The average molecular weight is 392 g/mol. The van der Waals surface area contributed by atoms with Crippen LogP contribution in [0.3, 0.4) is 0 Å². The molecule has 1 atom stereocenters. The number of carbonyl (C=O) groups excluding carboxylic acids is 1. The van der Waals surface area contributed by atoms with Gasteiger partial charge in [0.2, 0.25) is 0 Å². The number of hydrogen-bond donors (Lipinski definition) is 2. The fourth-order valence-electron chi connectivity index (χ4n) is 4.99. The summed E-state index contributed by atoms with van der Waals surface area (Å²) in [6.45, 7) is 4.50. The molecular weight excluding hydrogens is 362 g/mol. The molecule has 4 rings (SSSR count). The minimum atomic E-state index is -0.412. The van der Waals surface area contributed by atoms with Gasteiger partial charge in [0.15, 0.2) is 0 Å². The van der Waals surface area contributed by atoms with Crippen molar-refractivity contribution in [2.45, 2.75) is 38.6 Å². The van der Waals surface area contributed by atoms with Gasteiger partial charge in [-0.25, -0.2) is 4.79 Å². The van der Waals surface area contributed by atoms with E-state index in [-0.39, 0.29) is 29.9 Å².